The van der Waals surface area contributed by atoms with E-state index in [4.69, 9.17) is 0 Å². The molecule has 2 N–H and O–H groups in total. The quantitative estimate of drug-likeness (QED) is 0.388. The SMILES string of the molecule is Cc1[nH]c(-c2ccc(C(F)(F)F)cc2)nc1CN1CCC(N2CC(C)(c3ccc(Br)cc3)NC2=O)CC1. The summed E-state index contributed by atoms with van der Waals surface area (Å²) in [5.74, 6) is 0.567. The molecular formula is C27H29BrF3N5O. The van der Waals surface area contributed by atoms with Gasteiger partial charge in [0.05, 0.1) is 16.8 Å². The lowest BCUT2D eigenvalue weighted by Crippen LogP contribution is -2.46. The predicted octanol–water partition coefficient (Wildman–Crippen LogP) is 6.07. The maximum atomic E-state index is 12.9. The van der Waals surface area contributed by atoms with Crippen molar-refractivity contribution in [1.29, 1.82) is 0 Å². The summed E-state index contributed by atoms with van der Waals surface area (Å²) in [6.45, 7) is 6.96. The molecule has 1 atom stereocenters. The molecule has 5 rings (SSSR count). The van der Waals surface area contributed by atoms with Crippen LogP contribution in [0.2, 0.25) is 0 Å². The number of nitrogens with zero attached hydrogens (tertiary/aromatic N) is 3. The lowest BCUT2D eigenvalue weighted by molar-refractivity contribution is -0.137. The number of benzene rings is 2. The number of carbonyl (C=O) groups excluding carboxylic acids is 1. The molecule has 10 heteroatoms. The van der Waals surface area contributed by atoms with Gasteiger partial charge in [-0.2, -0.15) is 13.2 Å². The number of carbonyl (C=O) groups is 1. The second kappa shape index (κ2) is 9.79. The molecule has 2 fully saturated rings. The van der Waals surface area contributed by atoms with Crippen LogP contribution in [0.3, 0.4) is 0 Å². The van der Waals surface area contributed by atoms with E-state index in [0.29, 0.717) is 24.5 Å². The van der Waals surface area contributed by atoms with Gasteiger partial charge in [0.1, 0.15) is 5.82 Å². The van der Waals surface area contributed by atoms with Crippen molar-refractivity contribution in [2.75, 3.05) is 19.6 Å². The number of aromatic nitrogens is 2. The van der Waals surface area contributed by atoms with Crippen LogP contribution in [0, 0.1) is 6.92 Å². The third kappa shape index (κ3) is 5.40. The van der Waals surface area contributed by atoms with Gasteiger partial charge in [0.2, 0.25) is 0 Å². The normalized spacial score (nSPS) is 21.5. The number of piperidine rings is 1. The van der Waals surface area contributed by atoms with Crippen molar-refractivity contribution in [3.8, 4) is 11.4 Å². The number of aryl methyl sites for hydroxylation is 1. The number of aromatic amines is 1. The van der Waals surface area contributed by atoms with E-state index in [2.05, 4.69) is 43.0 Å². The highest BCUT2D eigenvalue weighted by molar-refractivity contribution is 9.10. The first-order chi connectivity index (χ1) is 17.5. The molecule has 0 saturated carbocycles. The van der Waals surface area contributed by atoms with Crippen LogP contribution in [-0.4, -0.2) is 51.5 Å². The van der Waals surface area contributed by atoms with Crippen molar-refractivity contribution in [3.05, 3.63) is 75.5 Å². The summed E-state index contributed by atoms with van der Waals surface area (Å²) in [5.41, 5.74) is 2.40. The molecule has 6 nitrogen and oxygen atoms in total. The van der Waals surface area contributed by atoms with Crippen molar-refractivity contribution in [2.45, 2.75) is 51.0 Å². The smallest absolute Gasteiger partial charge is 0.342 e. The number of likely N-dealkylation sites (tertiary alicyclic amines) is 1. The van der Waals surface area contributed by atoms with Crippen LogP contribution in [0.5, 0.6) is 0 Å². The van der Waals surface area contributed by atoms with Crippen LogP contribution in [0.4, 0.5) is 18.0 Å². The van der Waals surface area contributed by atoms with E-state index >= 15 is 0 Å². The summed E-state index contributed by atoms with van der Waals surface area (Å²) in [6, 6.07) is 13.3. The number of rotatable bonds is 5. The van der Waals surface area contributed by atoms with Crippen molar-refractivity contribution >= 4 is 22.0 Å². The summed E-state index contributed by atoms with van der Waals surface area (Å²) in [5, 5.41) is 3.18. The fourth-order valence-corrected chi connectivity index (χ4v) is 5.51. The molecule has 2 aromatic carbocycles. The zero-order valence-electron chi connectivity index (χ0n) is 20.7. The molecule has 0 aliphatic carbocycles. The molecule has 2 amide bonds. The van der Waals surface area contributed by atoms with Crippen molar-refractivity contribution in [1.82, 2.24) is 25.1 Å². The molecule has 37 heavy (non-hydrogen) atoms. The minimum Gasteiger partial charge on any atom is -0.342 e. The largest absolute Gasteiger partial charge is 0.416 e. The predicted molar refractivity (Wildman–Crippen MR) is 139 cm³/mol. The minimum absolute atomic E-state index is 0.0202. The highest BCUT2D eigenvalue weighted by Crippen LogP contribution is 2.33. The number of alkyl halides is 3. The first-order valence-corrected chi connectivity index (χ1v) is 13.1. The van der Waals surface area contributed by atoms with Crippen LogP contribution < -0.4 is 5.32 Å². The Morgan fingerprint density at radius 1 is 1.08 bits per heavy atom. The number of nitrogens with one attached hydrogen (secondary N) is 2. The molecule has 2 aliphatic rings. The monoisotopic (exact) mass is 575 g/mol. The molecular weight excluding hydrogens is 547 g/mol. The Bertz CT molecular complexity index is 1270. The summed E-state index contributed by atoms with van der Waals surface area (Å²) in [7, 11) is 0. The van der Waals surface area contributed by atoms with Gasteiger partial charge in [0.25, 0.3) is 0 Å². The Labute approximate surface area is 222 Å². The third-order valence-electron chi connectivity index (χ3n) is 7.45. The van der Waals surface area contributed by atoms with Crippen molar-refractivity contribution in [2.24, 2.45) is 0 Å². The van der Waals surface area contributed by atoms with Gasteiger partial charge in [-0.3, -0.25) is 4.90 Å². The first-order valence-electron chi connectivity index (χ1n) is 12.3. The van der Waals surface area contributed by atoms with Gasteiger partial charge in [0.15, 0.2) is 0 Å². The Hall–Kier alpha value is -2.85. The second-order valence-corrected chi connectivity index (χ2v) is 11.1. The van der Waals surface area contributed by atoms with Gasteiger partial charge >= 0.3 is 12.2 Å². The highest BCUT2D eigenvalue weighted by Gasteiger charge is 2.43. The number of urea groups is 1. The van der Waals surface area contributed by atoms with Crippen LogP contribution in [0.25, 0.3) is 11.4 Å². The molecule has 0 bridgehead atoms. The average molecular weight is 576 g/mol. The number of hydrogen-bond donors (Lipinski definition) is 2. The van der Waals surface area contributed by atoms with Gasteiger partial charge in [-0.25, -0.2) is 9.78 Å². The molecule has 196 valence electrons. The summed E-state index contributed by atoms with van der Waals surface area (Å²) in [6.07, 6.45) is -2.61. The molecule has 1 aromatic heterocycles. The number of H-pyrrole nitrogens is 1. The molecule has 2 saturated heterocycles. The standard InChI is InChI=1S/C27H29BrF3N5O/c1-17-23(33-24(32-17)18-3-5-20(6-4-18)27(29,30)31)15-35-13-11-22(12-14-35)36-16-26(2,34-25(36)37)19-7-9-21(28)10-8-19/h3-10,22H,11-16H2,1-2H3,(H,32,33)(H,34,37). The number of hydrogen-bond acceptors (Lipinski definition) is 3. The van der Waals surface area contributed by atoms with Gasteiger partial charge in [0, 0.05) is 48.0 Å². The van der Waals surface area contributed by atoms with Crippen molar-refractivity contribution in [3.63, 3.8) is 0 Å². The molecule has 0 radical (unpaired) electrons. The van der Waals surface area contributed by atoms with Crippen molar-refractivity contribution < 1.29 is 18.0 Å². The lowest BCUT2D eigenvalue weighted by Gasteiger charge is -2.36. The molecule has 3 aromatic rings. The Kier molecular flexibility index (Phi) is 6.83. The van der Waals surface area contributed by atoms with E-state index in [1.54, 1.807) is 0 Å². The topological polar surface area (TPSA) is 64.3 Å². The molecule has 1 unspecified atom stereocenters. The van der Waals surface area contributed by atoms with E-state index in [1.807, 2.05) is 36.1 Å². The van der Waals surface area contributed by atoms with E-state index < -0.39 is 17.3 Å². The zero-order valence-corrected chi connectivity index (χ0v) is 22.3. The highest BCUT2D eigenvalue weighted by atomic mass is 79.9. The molecule has 3 heterocycles. The van der Waals surface area contributed by atoms with Gasteiger partial charge in [-0.05, 0) is 56.5 Å². The van der Waals surface area contributed by atoms with E-state index in [1.165, 1.54) is 12.1 Å². The van der Waals surface area contributed by atoms with Crippen LogP contribution in [-0.2, 0) is 18.3 Å². The van der Waals surface area contributed by atoms with E-state index in [0.717, 1.165) is 59.5 Å². The van der Waals surface area contributed by atoms with Gasteiger partial charge in [-0.15, -0.1) is 0 Å². The summed E-state index contributed by atoms with van der Waals surface area (Å²) in [4.78, 5) is 25.1. The summed E-state index contributed by atoms with van der Waals surface area (Å²) < 4.78 is 39.6. The van der Waals surface area contributed by atoms with Gasteiger partial charge in [-0.1, -0.05) is 40.2 Å². The number of amides is 2. The number of imidazole rings is 1. The van der Waals surface area contributed by atoms with Crippen LogP contribution in [0.15, 0.2) is 53.0 Å². The van der Waals surface area contributed by atoms with Crippen LogP contribution >= 0.6 is 15.9 Å². The van der Waals surface area contributed by atoms with E-state index in [9.17, 15) is 18.0 Å². The average Bonchev–Trinajstić information content (AvgIpc) is 3.38. The molecule has 0 spiro atoms. The summed E-state index contributed by atoms with van der Waals surface area (Å²) >= 11 is 3.47. The Morgan fingerprint density at radius 2 is 1.73 bits per heavy atom. The van der Waals surface area contributed by atoms with Crippen LogP contribution in [0.1, 0.15) is 42.3 Å². The Morgan fingerprint density at radius 3 is 2.35 bits per heavy atom. The van der Waals surface area contributed by atoms with Gasteiger partial charge < -0.3 is 15.2 Å². The fraction of sp³-hybridized carbons (Fsp3) is 0.407. The number of halogens is 4. The second-order valence-electron chi connectivity index (χ2n) is 10.1. The first kappa shape index (κ1) is 25.8. The Balaban J connectivity index is 1.19. The van der Waals surface area contributed by atoms with E-state index in [-0.39, 0.29) is 12.1 Å². The fourth-order valence-electron chi connectivity index (χ4n) is 5.24. The maximum absolute atomic E-state index is 12.9. The third-order valence-corrected chi connectivity index (χ3v) is 7.98. The minimum atomic E-state index is -4.36. The maximum Gasteiger partial charge on any atom is 0.416 e. The molecule has 2 aliphatic heterocycles. The lowest BCUT2D eigenvalue weighted by atomic mass is 9.92. The zero-order chi connectivity index (χ0) is 26.4.